The van der Waals surface area contributed by atoms with Gasteiger partial charge >= 0.3 is 0 Å². The first-order chi connectivity index (χ1) is 13.6. The largest absolute Gasteiger partial charge is 0.482 e. The van der Waals surface area contributed by atoms with E-state index in [0.29, 0.717) is 10.8 Å². The molecule has 142 valence electrons. The number of nitrogens with one attached hydrogen (secondary N) is 1. The summed E-state index contributed by atoms with van der Waals surface area (Å²) in [5, 5.41) is 3.62. The van der Waals surface area contributed by atoms with Gasteiger partial charge in [-0.25, -0.2) is 0 Å². The Morgan fingerprint density at radius 1 is 1.14 bits per heavy atom. The second kappa shape index (κ2) is 8.09. The Morgan fingerprint density at radius 3 is 2.71 bits per heavy atom. The predicted molar refractivity (Wildman–Crippen MR) is 114 cm³/mol. The number of H-pyrrole nitrogens is 1. The van der Waals surface area contributed by atoms with Crippen LogP contribution in [0.2, 0.25) is 5.02 Å². The molecular weight excluding hydrogens is 392 g/mol. The summed E-state index contributed by atoms with van der Waals surface area (Å²) in [5.74, 6) is 0.384. The minimum atomic E-state index is -0.196. The zero-order chi connectivity index (χ0) is 19.5. The van der Waals surface area contributed by atoms with Crippen LogP contribution in [0.15, 0.2) is 72.2 Å². The number of benzene rings is 2. The standard InChI is InChI=1S/C22H19ClN2O2S/c1-25(21(26)14-27-19-10-5-3-8-17(19)23)22(20-11-6-12-28-20)16-13-24-18-9-4-2-7-15(16)18/h2-13,22,24H,14H2,1H3/t22-/m1/s1. The summed E-state index contributed by atoms with van der Waals surface area (Å²) < 4.78 is 5.66. The van der Waals surface area contributed by atoms with Crippen LogP contribution in [0.3, 0.4) is 0 Å². The summed E-state index contributed by atoms with van der Waals surface area (Å²) >= 11 is 7.76. The predicted octanol–water partition coefficient (Wildman–Crippen LogP) is 5.51. The van der Waals surface area contributed by atoms with Crippen LogP contribution in [-0.2, 0) is 4.79 Å². The number of ether oxygens (including phenoxy) is 1. The maximum Gasteiger partial charge on any atom is 0.261 e. The molecule has 0 unspecified atom stereocenters. The molecule has 0 radical (unpaired) electrons. The molecule has 2 aromatic carbocycles. The van der Waals surface area contributed by atoms with E-state index in [1.165, 1.54) is 0 Å². The second-order valence-electron chi connectivity index (χ2n) is 6.43. The van der Waals surface area contributed by atoms with E-state index in [-0.39, 0.29) is 18.6 Å². The summed E-state index contributed by atoms with van der Waals surface area (Å²) in [4.78, 5) is 19.1. The number of para-hydroxylation sites is 2. The van der Waals surface area contributed by atoms with Gasteiger partial charge in [0, 0.05) is 34.6 Å². The molecule has 1 amide bonds. The van der Waals surface area contributed by atoms with Gasteiger partial charge in [0.05, 0.1) is 11.1 Å². The van der Waals surface area contributed by atoms with E-state index < -0.39 is 0 Å². The Hall–Kier alpha value is -2.76. The Kier molecular flexibility index (Phi) is 5.37. The highest BCUT2D eigenvalue weighted by molar-refractivity contribution is 7.10. The number of carbonyl (C=O) groups is 1. The number of hydrogen-bond acceptors (Lipinski definition) is 3. The number of amides is 1. The molecule has 1 N–H and O–H groups in total. The summed E-state index contributed by atoms with van der Waals surface area (Å²) in [6.07, 6.45) is 1.98. The monoisotopic (exact) mass is 410 g/mol. The molecule has 2 aromatic heterocycles. The summed E-state index contributed by atoms with van der Waals surface area (Å²) in [6.45, 7) is -0.0789. The highest BCUT2D eigenvalue weighted by Crippen LogP contribution is 2.35. The molecule has 0 spiro atoms. The van der Waals surface area contributed by atoms with Gasteiger partial charge in [-0.15, -0.1) is 11.3 Å². The highest BCUT2D eigenvalue weighted by Gasteiger charge is 2.27. The van der Waals surface area contributed by atoms with E-state index >= 15 is 0 Å². The first-order valence-electron chi connectivity index (χ1n) is 8.87. The molecule has 1 atom stereocenters. The van der Waals surface area contributed by atoms with Gasteiger partial charge in [-0.2, -0.15) is 0 Å². The van der Waals surface area contributed by atoms with Crippen LogP contribution in [0.5, 0.6) is 5.75 Å². The third kappa shape index (κ3) is 3.63. The average Bonchev–Trinajstić information content (AvgIpc) is 3.38. The molecule has 0 aliphatic heterocycles. The van der Waals surface area contributed by atoms with Crippen molar-refractivity contribution in [2.75, 3.05) is 13.7 Å². The fourth-order valence-electron chi connectivity index (χ4n) is 3.27. The van der Waals surface area contributed by atoms with Crippen molar-refractivity contribution in [1.29, 1.82) is 0 Å². The Morgan fingerprint density at radius 2 is 1.93 bits per heavy atom. The highest BCUT2D eigenvalue weighted by atomic mass is 35.5. The molecule has 0 saturated carbocycles. The topological polar surface area (TPSA) is 45.3 Å². The molecule has 2 heterocycles. The van der Waals surface area contributed by atoms with Crippen LogP contribution < -0.4 is 4.74 Å². The molecule has 28 heavy (non-hydrogen) atoms. The average molecular weight is 411 g/mol. The maximum absolute atomic E-state index is 12.9. The lowest BCUT2D eigenvalue weighted by Gasteiger charge is -2.27. The third-order valence-electron chi connectivity index (χ3n) is 4.70. The van der Waals surface area contributed by atoms with Gasteiger partial charge in [0.2, 0.25) is 0 Å². The van der Waals surface area contributed by atoms with Crippen LogP contribution in [0, 0.1) is 0 Å². The van der Waals surface area contributed by atoms with Gasteiger partial charge in [-0.1, -0.05) is 48.0 Å². The van der Waals surface area contributed by atoms with Gasteiger partial charge in [0.25, 0.3) is 5.91 Å². The summed E-state index contributed by atoms with van der Waals surface area (Å²) in [7, 11) is 1.81. The zero-order valence-electron chi connectivity index (χ0n) is 15.3. The fourth-order valence-corrected chi connectivity index (χ4v) is 4.34. The number of fused-ring (bicyclic) bond motifs is 1. The lowest BCUT2D eigenvalue weighted by molar-refractivity contribution is -0.133. The van der Waals surface area contributed by atoms with Gasteiger partial charge in [-0.3, -0.25) is 4.79 Å². The van der Waals surface area contributed by atoms with E-state index in [9.17, 15) is 4.79 Å². The van der Waals surface area contributed by atoms with E-state index in [1.807, 2.05) is 55.0 Å². The van der Waals surface area contributed by atoms with Crippen LogP contribution in [0.25, 0.3) is 10.9 Å². The van der Waals surface area contributed by atoms with Crippen molar-refractivity contribution in [2.24, 2.45) is 0 Å². The number of rotatable bonds is 6. The molecule has 0 fully saturated rings. The smallest absolute Gasteiger partial charge is 0.261 e. The molecule has 4 nitrogen and oxygen atoms in total. The number of halogens is 1. The zero-order valence-corrected chi connectivity index (χ0v) is 16.8. The van der Waals surface area contributed by atoms with Crippen molar-refractivity contribution in [3.8, 4) is 5.75 Å². The van der Waals surface area contributed by atoms with Gasteiger partial charge < -0.3 is 14.6 Å². The van der Waals surface area contributed by atoms with Crippen LogP contribution in [-0.4, -0.2) is 29.4 Å². The van der Waals surface area contributed by atoms with E-state index in [2.05, 4.69) is 17.1 Å². The first-order valence-corrected chi connectivity index (χ1v) is 10.1. The van der Waals surface area contributed by atoms with Crippen LogP contribution >= 0.6 is 22.9 Å². The Balaban J connectivity index is 1.62. The Labute approximate surface area is 172 Å². The minimum Gasteiger partial charge on any atom is -0.482 e. The molecular formula is C22H19ClN2O2S. The number of thiophene rings is 1. The minimum absolute atomic E-state index is 0.0789. The van der Waals surface area contributed by atoms with Crippen molar-refractivity contribution in [1.82, 2.24) is 9.88 Å². The number of carbonyl (C=O) groups excluding carboxylic acids is 1. The Bertz CT molecular complexity index is 1090. The normalized spacial score (nSPS) is 12.1. The molecule has 0 saturated heterocycles. The third-order valence-corrected chi connectivity index (χ3v) is 5.93. The van der Waals surface area contributed by atoms with Crippen molar-refractivity contribution >= 4 is 39.7 Å². The van der Waals surface area contributed by atoms with E-state index in [1.54, 1.807) is 28.4 Å². The lowest BCUT2D eigenvalue weighted by atomic mass is 10.0. The van der Waals surface area contributed by atoms with Gasteiger partial charge in [0.15, 0.2) is 6.61 Å². The number of nitrogens with zero attached hydrogens (tertiary/aromatic N) is 1. The summed E-state index contributed by atoms with van der Waals surface area (Å²) in [6, 6.07) is 19.1. The lowest BCUT2D eigenvalue weighted by Crippen LogP contribution is -2.35. The first kappa shape index (κ1) is 18.6. The van der Waals surface area contributed by atoms with Crippen molar-refractivity contribution < 1.29 is 9.53 Å². The molecule has 0 aliphatic carbocycles. The quantitative estimate of drug-likeness (QED) is 0.455. The number of aromatic nitrogens is 1. The number of aromatic amines is 1. The van der Waals surface area contributed by atoms with Gasteiger partial charge in [-0.05, 0) is 29.6 Å². The molecule has 4 aromatic rings. The SMILES string of the molecule is CN(C(=O)COc1ccccc1Cl)[C@@H](c1cccs1)c1c[nH]c2ccccc12. The second-order valence-corrected chi connectivity index (χ2v) is 7.82. The van der Waals surface area contributed by atoms with Gasteiger partial charge in [0.1, 0.15) is 5.75 Å². The molecule has 0 bridgehead atoms. The van der Waals surface area contributed by atoms with E-state index in [4.69, 9.17) is 16.3 Å². The van der Waals surface area contributed by atoms with Crippen LogP contribution in [0.1, 0.15) is 16.5 Å². The fraction of sp³-hybridized carbons (Fsp3) is 0.136. The molecule has 0 aliphatic rings. The molecule has 4 rings (SSSR count). The molecule has 6 heteroatoms. The van der Waals surface area contributed by atoms with Crippen molar-refractivity contribution in [2.45, 2.75) is 6.04 Å². The summed E-state index contributed by atoms with van der Waals surface area (Å²) in [5.41, 5.74) is 2.11. The van der Waals surface area contributed by atoms with Crippen LogP contribution in [0.4, 0.5) is 0 Å². The number of hydrogen-bond donors (Lipinski definition) is 1. The van der Waals surface area contributed by atoms with E-state index in [0.717, 1.165) is 21.3 Å². The number of likely N-dealkylation sites (N-methyl/N-ethyl adjacent to an activating group) is 1. The van der Waals surface area contributed by atoms with Crippen molar-refractivity contribution in [3.63, 3.8) is 0 Å². The van der Waals surface area contributed by atoms with Crippen molar-refractivity contribution in [3.05, 3.63) is 87.7 Å². The maximum atomic E-state index is 12.9.